The van der Waals surface area contributed by atoms with Gasteiger partial charge in [-0.2, -0.15) is 0 Å². The maximum Gasteiger partial charge on any atom is 0.241 e. The van der Waals surface area contributed by atoms with E-state index in [4.69, 9.17) is 0 Å². The number of rotatable bonds is 2. The average molecular weight is 285 g/mol. The van der Waals surface area contributed by atoms with E-state index in [9.17, 15) is 4.79 Å². The molecule has 1 amide bonds. The second-order valence-electron chi connectivity index (χ2n) is 5.74. The lowest BCUT2D eigenvalue weighted by Gasteiger charge is -2.25. The summed E-state index contributed by atoms with van der Waals surface area (Å²) in [5, 5.41) is 0. The normalized spacial score (nSPS) is 25.8. The molecule has 6 heteroatoms. The zero-order valence-electron chi connectivity index (χ0n) is 11.8. The standard InChI is InChI=1S/C15H19N5O/c21-15(12-7-8-16-19-12)20-9-3-6-13(20)14-17-10-4-1-2-5-11(10)18-14/h1-2,4-5,12-13,16,19H,3,6-9H2,(H,17,18). The summed E-state index contributed by atoms with van der Waals surface area (Å²) in [4.78, 5) is 22.6. The van der Waals surface area contributed by atoms with Crippen LogP contribution in [0.4, 0.5) is 0 Å². The number of hydrogen-bond donors (Lipinski definition) is 3. The van der Waals surface area contributed by atoms with Gasteiger partial charge in [0.15, 0.2) is 0 Å². The molecular weight excluding hydrogens is 266 g/mol. The number of H-pyrrole nitrogens is 1. The van der Waals surface area contributed by atoms with Crippen molar-refractivity contribution in [2.24, 2.45) is 0 Å². The summed E-state index contributed by atoms with van der Waals surface area (Å²) in [7, 11) is 0. The molecule has 21 heavy (non-hydrogen) atoms. The molecule has 2 saturated heterocycles. The SMILES string of the molecule is O=C(C1CCNN1)N1CCCC1c1nc2ccccc2[nH]1. The lowest BCUT2D eigenvalue weighted by Crippen LogP contribution is -2.45. The largest absolute Gasteiger partial charge is 0.340 e. The summed E-state index contributed by atoms with van der Waals surface area (Å²) < 4.78 is 0. The monoisotopic (exact) mass is 285 g/mol. The van der Waals surface area contributed by atoms with E-state index >= 15 is 0 Å². The molecule has 2 aliphatic heterocycles. The molecule has 2 unspecified atom stereocenters. The Hall–Kier alpha value is -1.92. The predicted octanol–water partition coefficient (Wildman–Crippen LogP) is 1.09. The lowest BCUT2D eigenvalue weighted by atomic mass is 10.1. The van der Waals surface area contributed by atoms with Crippen molar-refractivity contribution in [2.75, 3.05) is 13.1 Å². The van der Waals surface area contributed by atoms with Crippen LogP contribution in [-0.4, -0.2) is 39.9 Å². The van der Waals surface area contributed by atoms with Crippen LogP contribution in [-0.2, 0) is 4.79 Å². The minimum absolute atomic E-state index is 0.0762. The Balaban J connectivity index is 1.62. The van der Waals surface area contributed by atoms with Crippen LogP contribution in [0.3, 0.4) is 0 Å². The third-order valence-electron chi connectivity index (χ3n) is 4.39. The average Bonchev–Trinajstić information content (AvgIpc) is 3.24. The number of nitrogens with zero attached hydrogens (tertiary/aromatic N) is 2. The Kier molecular flexibility index (Phi) is 3.12. The van der Waals surface area contributed by atoms with Crippen molar-refractivity contribution in [2.45, 2.75) is 31.3 Å². The van der Waals surface area contributed by atoms with Gasteiger partial charge in [0.25, 0.3) is 0 Å². The van der Waals surface area contributed by atoms with Gasteiger partial charge in [0.1, 0.15) is 11.9 Å². The fraction of sp³-hybridized carbons (Fsp3) is 0.467. The van der Waals surface area contributed by atoms with Gasteiger partial charge in [-0.25, -0.2) is 10.4 Å². The van der Waals surface area contributed by atoms with E-state index in [1.54, 1.807) is 0 Å². The Morgan fingerprint density at radius 2 is 2.19 bits per heavy atom. The van der Waals surface area contributed by atoms with Crippen LogP contribution < -0.4 is 10.9 Å². The third-order valence-corrected chi connectivity index (χ3v) is 4.39. The van der Waals surface area contributed by atoms with Crippen LogP contribution in [0, 0.1) is 0 Å². The number of nitrogens with one attached hydrogen (secondary N) is 3. The number of hydrazine groups is 1. The molecule has 6 nitrogen and oxygen atoms in total. The highest BCUT2D eigenvalue weighted by Crippen LogP contribution is 2.32. The van der Waals surface area contributed by atoms with Crippen LogP contribution in [0.1, 0.15) is 31.1 Å². The number of carbonyl (C=O) groups is 1. The molecule has 0 radical (unpaired) electrons. The first-order valence-corrected chi connectivity index (χ1v) is 7.56. The highest BCUT2D eigenvalue weighted by atomic mass is 16.2. The fourth-order valence-corrected chi connectivity index (χ4v) is 3.31. The number of fused-ring (bicyclic) bond motifs is 1. The van der Waals surface area contributed by atoms with Gasteiger partial charge in [0, 0.05) is 13.1 Å². The second-order valence-corrected chi connectivity index (χ2v) is 5.74. The van der Waals surface area contributed by atoms with E-state index in [1.807, 2.05) is 29.2 Å². The summed E-state index contributed by atoms with van der Waals surface area (Å²) in [6.07, 6.45) is 2.86. The highest BCUT2D eigenvalue weighted by molar-refractivity contribution is 5.83. The van der Waals surface area contributed by atoms with Crippen molar-refractivity contribution in [1.82, 2.24) is 25.7 Å². The Labute approximate surface area is 122 Å². The molecule has 2 aliphatic rings. The Morgan fingerprint density at radius 1 is 1.29 bits per heavy atom. The molecule has 0 spiro atoms. The van der Waals surface area contributed by atoms with Gasteiger partial charge >= 0.3 is 0 Å². The minimum atomic E-state index is -0.102. The molecule has 3 heterocycles. The van der Waals surface area contributed by atoms with Crippen LogP contribution in [0.15, 0.2) is 24.3 Å². The first kappa shape index (κ1) is 12.8. The second kappa shape index (κ2) is 5.13. The summed E-state index contributed by atoms with van der Waals surface area (Å²) >= 11 is 0. The summed E-state index contributed by atoms with van der Waals surface area (Å²) in [5.41, 5.74) is 8.09. The number of imidazole rings is 1. The topological polar surface area (TPSA) is 73.1 Å². The summed E-state index contributed by atoms with van der Waals surface area (Å²) in [6.45, 7) is 1.66. The number of likely N-dealkylation sites (tertiary alicyclic amines) is 1. The van der Waals surface area contributed by atoms with E-state index in [-0.39, 0.29) is 18.0 Å². The fourth-order valence-electron chi connectivity index (χ4n) is 3.31. The van der Waals surface area contributed by atoms with Crippen molar-refractivity contribution in [1.29, 1.82) is 0 Å². The van der Waals surface area contributed by atoms with Crippen LogP contribution >= 0.6 is 0 Å². The third kappa shape index (κ3) is 2.20. The highest BCUT2D eigenvalue weighted by Gasteiger charge is 2.36. The van der Waals surface area contributed by atoms with Crippen LogP contribution in [0.5, 0.6) is 0 Å². The number of aromatic amines is 1. The quantitative estimate of drug-likeness (QED) is 0.772. The molecule has 0 bridgehead atoms. The van der Waals surface area contributed by atoms with Crippen LogP contribution in [0.25, 0.3) is 11.0 Å². The number of aromatic nitrogens is 2. The molecule has 1 aromatic heterocycles. The van der Waals surface area contributed by atoms with Gasteiger partial charge in [-0.3, -0.25) is 10.2 Å². The van der Waals surface area contributed by atoms with E-state index < -0.39 is 0 Å². The molecule has 2 aromatic rings. The molecule has 2 atom stereocenters. The number of para-hydroxylation sites is 2. The zero-order valence-corrected chi connectivity index (χ0v) is 11.8. The van der Waals surface area contributed by atoms with Gasteiger partial charge in [-0.05, 0) is 31.4 Å². The predicted molar refractivity (Wildman–Crippen MR) is 79.3 cm³/mol. The smallest absolute Gasteiger partial charge is 0.241 e. The lowest BCUT2D eigenvalue weighted by molar-refractivity contribution is -0.134. The van der Waals surface area contributed by atoms with E-state index in [0.29, 0.717) is 0 Å². The van der Waals surface area contributed by atoms with Crippen LogP contribution in [0.2, 0.25) is 0 Å². The molecule has 110 valence electrons. The van der Waals surface area contributed by atoms with Gasteiger partial charge in [-0.1, -0.05) is 12.1 Å². The van der Waals surface area contributed by atoms with Crippen molar-refractivity contribution >= 4 is 16.9 Å². The van der Waals surface area contributed by atoms with Crippen molar-refractivity contribution < 1.29 is 4.79 Å². The van der Waals surface area contributed by atoms with E-state index in [1.165, 1.54) is 0 Å². The van der Waals surface area contributed by atoms with Gasteiger partial charge in [0.05, 0.1) is 17.1 Å². The molecule has 3 N–H and O–H groups in total. The van der Waals surface area contributed by atoms with Crippen molar-refractivity contribution in [3.63, 3.8) is 0 Å². The Bertz CT molecular complexity index is 628. The van der Waals surface area contributed by atoms with Crippen molar-refractivity contribution in [3.05, 3.63) is 30.1 Å². The van der Waals surface area contributed by atoms with Gasteiger partial charge in [0.2, 0.25) is 5.91 Å². The van der Waals surface area contributed by atoms with Crippen molar-refractivity contribution in [3.8, 4) is 0 Å². The Morgan fingerprint density at radius 3 is 3.00 bits per heavy atom. The molecule has 1 aromatic carbocycles. The first-order chi connectivity index (χ1) is 10.3. The molecule has 0 aliphatic carbocycles. The zero-order chi connectivity index (χ0) is 14.2. The summed E-state index contributed by atoms with van der Waals surface area (Å²) in [6, 6.07) is 7.98. The van der Waals surface area contributed by atoms with Gasteiger partial charge < -0.3 is 9.88 Å². The molecule has 2 fully saturated rings. The number of amides is 1. The molecular formula is C15H19N5O. The summed E-state index contributed by atoms with van der Waals surface area (Å²) in [5.74, 6) is 1.09. The first-order valence-electron chi connectivity index (χ1n) is 7.56. The molecule has 4 rings (SSSR count). The molecule has 0 saturated carbocycles. The number of carbonyl (C=O) groups excluding carboxylic acids is 1. The number of hydrogen-bond acceptors (Lipinski definition) is 4. The van der Waals surface area contributed by atoms with E-state index in [0.717, 1.165) is 49.2 Å². The maximum absolute atomic E-state index is 12.6. The minimum Gasteiger partial charge on any atom is -0.340 e. The number of benzene rings is 1. The maximum atomic E-state index is 12.6. The van der Waals surface area contributed by atoms with Gasteiger partial charge in [-0.15, -0.1) is 0 Å². The van der Waals surface area contributed by atoms with E-state index in [2.05, 4.69) is 20.8 Å².